The van der Waals surface area contributed by atoms with Gasteiger partial charge in [0.2, 0.25) is 0 Å². The highest BCUT2D eigenvalue weighted by molar-refractivity contribution is 14.0. The number of nitrogens with one attached hydrogen (secondary N) is 2. The molecule has 132 valence electrons. The van der Waals surface area contributed by atoms with E-state index in [1.165, 1.54) is 11.1 Å². The monoisotopic (exact) mass is 480 g/mol. The van der Waals surface area contributed by atoms with Gasteiger partial charge in [0.15, 0.2) is 5.96 Å². The van der Waals surface area contributed by atoms with Crippen molar-refractivity contribution >= 4 is 53.1 Å². The van der Waals surface area contributed by atoms with Crippen LogP contribution in [0.1, 0.15) is 16.8 Å². The van der Waals surface area contributed by atoms with Gasteiger partial charge in [-0.1, -0.05) is 47.5 Å². The lowest BCUT2D eigenvalue weighted by Gasteiger charge is -2.13. The average molecular weight is 481 g/mol. The van der Waals surface area contributed by atoms with Gasteiger partial charge in [0.05, 0.1) is 11.6 Å². The van der Waals surface area contributed by atoms with E-state index in [1.54, 1.807) is 7.05 Å². The molecule has 0 fully saturated rings. The first-order valence-electron chi connectivity index (χ1n) is 7.51. The fraction of sp³-hybridized carbons (Fsp3) is 0.353. The first kappa shape index (κ1) is 21.1. The minimum absolute atomic E-state index is 0. The first-order chi connectivity index (χ1) is 11.0. The molecule has 0 radical (unpaired) electrons. The van der Waals surface area contributed by atoms with E-state index < -0.39 is 0 Å². The summed E-state index contributed by atoms with van der Waals surface area (Å²) in [5.41, 5.74) is 3.66. The number of hydrogen-bond acceptors (Lipinski definition) is 1. The van der Waals surface area contributed by atoms with Crippen molar-refractivity contribution in [1.29, 1.82) is 0 Å². The Morgan fingerprint density at radius 3 is 2.50 bits per heavy atom. The fourth-order valence-corrected chi connectivity index (χ4v) is 2.78. The van der Waals surface area contributed by atoms with E-state index in [-0.39, 0.29) is 24.0 Å². The van der Waals surface area contributed by atoms with Crippen LogP contribution in [0.4, 0.5) is 0 Å². The van der Waals surface area contributed by atoms with Gasteiger partial charge in [-0.05, 0) is 30.5 Å². The zero-order valence-corrected chi connectivity index (χ0v) is 17.9. The summed E-state index contributed by atoms with van der Waals surface area (Å²) in [6, 6.07) is 10.3. The number of benzene rings is 1. The second-order valence-corrected chi connectivity index (χ2v) is 6.13. The van der Waals surface area contributed by atoms with Gasteiger partial charge in [-0.25, -0.2) is 0 Å². The van der Waals surface area contributed by atoms with Crippen molar-refractivity contribution in [3.05, 3.63) is 57.3 Å². The number of aryl methyl sites for hydroxylation is 1. The molecule has 0 bridgehead atoms. The molecule has 7 heteroatoms. The quantitative estimate of drug-likeness (QED) is 0.383. The molecule has 2 rings (SSSR count). The molecule has 0 amide bonds. The molecule has 0 aliphatic heterocycles. The molecule has 0 saturated heterocycles. The number of aromatic nitrogens is 1. The van der Waals surface area contributed by atoms with Gasteiger partial charge in [-0.2, -0.15) is 0 Å². The van der Waals surface area contributed by atoms with Crippen molar-refractivity contribution in [2.75, 3.05) is 13.6 Å². The van der Waals surface area contributed by atoms with Gasteiger partial charge in [0.1, 0.15) is 5.15 Å². The van der Waals surface area contributed by atoms with Crippen LogP contribution in [0.5, 0.6) is 0 Å². The number of rotatable bonds is 5. The second-order valence-electron chi connectivity index (χ2n) is 5.36. The SMILES string of the molecule is CN=C(NCCc1ccccc1C)NCc1cc(Cl)c(Cl)n1C.I. The minimum atomic E-state index is 0. The molecule has 24 heavy (non-hydrogen) atoms. The van der Waals surface area contributed by atoms with Crippen LogP contribution in [0.2, 0.25) is 10.2 Å². The maximum Gasteiger partial charge on any atom is 0.191 e. The maximum absolute atomic E-state index is 6.07. The van der Waals surface area contributed by atoms with Crippen LogP contribution >= 0.6 is 47.2 Å². The predicted molar refractivity (Wildman–Crippen MR) is 114 cm³/mol. The molecule has 2 N–H and O–H groups in total. The first-order valence-corrected chi connectivity index (χ1v) is 8.27. The Morgan fingerprint density at radius 2 is 1.92 bits per heavy atom. The van der Waals surface area contributed by atoms with Gasteiger partial charge in [-0.15, -0.1) is 24.0 Å². The summed E-state index contributed by atoms with van der Waals surface area (Å²) < 4.78 is 1.86. The normalized spacial score (nSPS) is 11.1. The van der Waals surface area contributed by atoms with Crippen molar-refractivity contribution in [1.82, 2.24) is 15.2 Å². The summed E-state index contributed by atoms with van der Waals surface area (Å²) in [7, 11) is 3.65. The van der Waals surface area contributed by atoms with E-state index in [2.05, 4.69) is 46.8 Å². The van der Waals surface area contributed by atoms with Crippen molar-refractivity contribution in [3.63, 3.8) is 0 Å². The topological polar surface area (TPSA) is 41.4 Å². The van der Waals surface area contributed by atoms with E-state index >= 15 is 0 Å². The Morgan fingerprint density at radius 1 is 1.21 bits per heavy atom. The molecule has 0 unspecified atom stereocenters. The van der Waals surface area contributed by atoms with Crippen LogP contribution in [0.15, 0.2) is 35.3 Å². The average Bonchev–Trinajstić information content (AvgIpc) is 2.79. The third-order valence-corrected chi connectivity index (χ3v) is 4.67. The number of halogens is 3. The molecule has 4 nitrogen and oxygen atoms in total. The molecule has 0 spiro atoms. The largest absolute Gasteiger partial charge is 0.356 e. The van der Waals surface area contributed by atoms with Crippen molar-refractivity contribution in [3.8, 4) is 0 Å². The molecule has 1 heterocycles. The molecule has 0 aliphatic rings. The van der Waals surface area contributed by atoms with Crippen LogP contribution in [0.25, 0.3) is 0 Å². The molecule has 1 aromatic heterocycles. The van der Waals surface area contributed by atoms with Crippen molar-refractivity contribution < 1.29 is 0 Å². The molecule has 0 atom stereocenters. The number of hydrogen-bond donors (Lipinski definition) is 2. The number of aliphatic imine (C=N–C) groups is 1. The van der Waals surface area contributed by atoms with Crippen LogP contribution in [0, 0.1) is 6.92 Å². The molecule has 2 aromatic rings. The Bertz CT molecular complexity index is 698. The van der Waals surface area contributed by atoms with E-state index in [1.807, 2.05) is 17.7 Å². The molecule has 1 aromatic carbocycles. The van der Waals surface area contributed by atoms with Gasteiger partial charge >= 0.3 is 0 Å². The summed E-state index contributed by atoms with van der Waals surface area (Å²) >= 11 is 12.1. The summed E-state index contributed by atoms with van der Waals surface area (Å²) in [6.07, 6.45) is 0.954. The second kappa shape index (κ2) is 10.2. The summed E-state index contributed by atoms with van der Waals surface area (Å²) in [6.45, 7) is 3.55. The molecule has 0 saturated carbocycles. The lowest BCUT2D eigenvalue weighted by atomic mass is 10.1. The van der Waals surface area contributed by atoms with Crippen LogP contribution in [-0.4, -0.2) is 24.1 Å². The number of nitrogens with zero attached hydrogens (tertiary/aromatic N) is 2. The van der Waals surface area contributed by atoms with Gasteiger partial charge in [0.25, 0.3) is 0 Å². The highest BCUT2D eigenvalue weighted by Crippen LogP contribution is 2.24. The van der Waals surface area contributed by atoms with Crippen LogP contribution < -0.4 is 10.6 Å². The summed E-state index contributed by atoms with van der Waals surface area (Å²) in [4.78, 5) is 4.23. The highest BCUT2D eigenvalue weighted by Gasteiger charge is 2.09. The van der Waals surface area contributed by atoms with Crippen molar-refractivity contribution in [2.24, 2.45) is 12.0 Å². The van der Waals surface area contributed by atoms with Crippen molar-refractivity contribution in [2.45, 2.75) is 19.9 Å². The third kappa shape index (κ3) is 5.57. The smallest absolute Gasteiger partial charge is 0.191 e. The van der Waals surface area contributed by atoms with Gasteiger partial charge < -0.3 is 15.2 Å². The Hall–Kier alpha value is -0.920. The zero-order valence-electron chi connectivity index (χ0n) is 14.1. The van der Waals surface area contributed by atoms with E-state index in [9.17, 15) is 0 Å². The molecular formula is C17H23Cl2IN4. The zero-order chi connectivity index (χ0) is 16.8. The van der Waals surface area contributed by atoms with Gasteiger partial charge in [-0.3, -0.25) is 4.99 Å². The summed E-state index contributed by atoms with van der Waals surface area (Å²) in [5.74, 6) is 0.757. The van der Waals surface area contributed by atoms with Gasteiger partial charge in [0, 0.05) is 26.3 Å². The Balaban J connectivity index is 0.00000288. The maximum atomic E-state index is 6.07. The molecular weight excluding hydrogens is 458 g/mol. The Labute approximate surface area is 170 Å². The van der Waals surface area contributed by atoms with Crippen LogP contribution in [-0.2, 0) is 20.0 Å². The minimum Gasteiger partial charge on any atom is -0.356 e. The predicted octanol–water partition coefficient (Wildman–Crippen LogP) is 4.17. The van der Waals surface area contributed by atoms with Crippen LogP contribution in [0.3, 0.4) is 0 Å². The summed E-state index contributed by atoms with van der Waals surface area (Å²) in [5, 5.41) is 7.70. The molecule has 0 aliphatic carbocycles. The van der Waals surface area contributed by atoms with E-state index in [4.69, 9.17) is 23.2 Å². The standard InChI is InChI=1S/C17H22Cl2N4.HI/c1-12-6-4-5-7-13(12)8-9-21-17(20-2)22-11-14-10-15(18)16(19)23(14)3;/h4-7,10H,8-9,11H2,1-3H3,(H2,20,21,22);1H. The lowest BCUT2D eigenvalue weighted by Crippen LogP contribution is -2.38. The van der Waals surface area contributed by atoms with E-state index in [0.29, 0.717) is 16.7 Å². The number of guanidine groups is 1. The third-order valence-electron chi connectivity index (χ3n) is 3.82. The fourth-order valence-electron chi connectivity index (χ4n) is 2.36. The van der Waals surface area contributed by atoms with E-state index in [0.717, 1.165) is 24.6 Å². The highest BCUT2D eigenvalue weighted by atomic mass is 127. The lowest BCUT2D eigenvalue weighted by molar-refractivity contribution is 0.746. The Kier molecular flexibility index (Phi) is 8.94.